The van der Waals surface area contributed by atoms with Gasteiger partial charge in [-0.1, -0.05) is 0 Å². The van der Waals surface area contributed by atoms with Crippen LogP contribution in [0.5, 0.6) is 0 Å². The van der Waals surface area contributed by atoms with Gasteiger partial charge in [0.25, 0.3) is 0 Å². The number of hydrogen-bond acceptors (Lipinski definition) is 2. The highest BCUT2D eigenvalue weighted by atomic mass is 19.4. The summed E-state index contributed by atoms with van der Waals surface area (Å²) in [4.78, 5) is 0. The number of hydrogen-bond donors (Lipinski definition) is 0. The van der Waals surface area contributed by atoms with E-state index in [1.807, 2.05) is 0 Å². The van der Waals surface area contributed by atoms with Crippen molar-refractivity contribution in [1.82, 2.24) is 9.78 Å². The molecule has 9 heteroatoms. The molecule has 0 bridgehead atoms. The fourth-order valence-corrected chi connectivity index (χ4v) is 0.892. The molecule has 0 aliphatic carbocycles. The summed E-state index contributed by atoms with van der Waals surface area (Å²) in [7, 11) is 0. The summed E-state index contributed by atoms with van der Waals surface area (Å²) >= 11 is 0. The first-order chi connectivity index (χ1) is 7.18. The molecular formula is C7H6F6N2O. The van der Waals surface area contributed by atoms with Crippen molar-refractivity contribution in [2.45, 2.75) is 19.1 Å². The van der Waals surface area contributed by atoms with Crippen molar-refractivity contribution in [2.24, 2.45) is 0 Å². The highest BCUT2D eigenvalue weighted by Crippen LogP contribution is 2.27. The van der Waals surface area contributed by atoms with E-state index in [1.54, 1.807) is 0 Å². The quantitative estimate of drug-likeness (QED) is 0.768. The predicted octanol–water partition coefficient (Wildman–Crippen LogP) is 2.44. The first-order valence-electron chi connectivity index (χ1n) is 4.00. The number of halogens is 6. The van der Waals surface area contributed by atoms with Crippen LogP contribution in [0.3, 0.4) is 0 Å². The summed E-state index contributed by atoms with van der Waals surface area (Å²) in [6.07, 6.45) is -8.46. The third-order valence-electron chi connectivity index (χ3n) is 1.52. The molecule has 0 unspecified atom stereocenters. The van der Waals surface area contributed by atoms with E-state index in [4.69, 9.17) is 0 Å². The summed E-state index contributed by atoms with van der Waals surface area (Å²) in [5.74, 6) is 0. The molecule has 0 spiro atoms. The molecule has 0 radical (unpaired) electrons. The molecule has 1 heterocycles. The Hall–Kier alpha value is -1.25. The Labute approximate surface area is 85.6 Å². The van der Waals surface area contributed by atoms with E-state index in [2.05, 4.69) is 9.84 Å². The summed E-state index contributed by atoms with van der Waals surface area (Å²) in [6, 6.07) is 0.674. The Morgan fingerprint density at radius 1 is 1.19 bits per heavy atom. The minimum Gasteiger partial charge on any atom is -0.290 e. The second-order valence-corrected chi connectivity index (χ2v) is 2.76. The van der Waals surface area contributed by atoms with Crippen LogP contribution in [0, 0.1) is 0 Å². The van der Waals surface area contributed by atoms with Crippen molar-refractivity contribution < 1.29 is 31.1 Å². The number of alkyl halides is 6. The summed E-state index contributed by atoms with van der Waals surface area (Å²) < 4.78 is 74.8. The van der Waals surface area contributed by atoms with Gasteiger partial charge >= 0.3 is 12.5 Å². The fraction of sp³-hybridized carbons (Fsp3) is 0.571. The van der Waals surface area contributed by atoms with Crippen LogP contribution >= 0.6 is 0 Å². The Morgan fingerprint density at radius 3 is 2.25 bits per heavy atom. The van der Waals surface area contributed by atoms with E-state index in [9.17, 15) is 26.3 Å². The van der Waals surface area contributed by atoms with Gasteiger partial charge in [-0.3, -0.25) is 9.42 Å². The van der Waals surface area contributed by atoms with Gasteiger partial charge in [-0.25, -0.2) is 0 Å². The zero-order valence-electron chi connectivity index (χ0n) is 7.64. The van der Waals surface area contributed by atoms with Gasteiger partial charge in [0, 0.05) is 6.20 Å². The lowest BCUT2D eigenvalue weighted by Gasteiger charge is -2.07. The van der Waals surface area contributed by atoms with Crippen molar-refractivity contribution in [2.75, 3.05) is 6.61 Å². The van der Waals surface area contributed by atoms with Gasteiger partial charge in [0.1, 0.15) is 0 Å². The Bertz CT molecular complexity index is 341. The molecule has 0 aliphatic rings. The predicted molar refractivity (Wildman–Crippen MR) is 39.2 cm³/mol. The van der Waals surface area contributed by atoms with E-state index in [0.29, 0.717) is 6.07 Å². The molecule has 1 aromatic rings. The third-order valence-corrected chi connectivity index (χ3v) is 1.52. The van der Waals surface area contributed by atoms with Crippen LogP contribution in [-0.4, -0.2) is 22.7 Å². The Balaban J connectivity index is 2.48. The van der Waals surface area contributed by atoms with Gasteiger partial charge in [0.15, 0.2) is 5.69 Å². The zero-order chi connectivity index (χ0) is 12.4. The smallest absolute Gasteiger partial charge is 0.290 e. The molecule has 3 nitrogen and oxygen atoms in total. The standard InChI is InChI=1S/C7H6F6N2O/c8-6(9,10)5-1-2-15(14-5)3-4-16-7(11,12)13/h1-2H,3-4H2. The van der Waals surface area contributed by atoms with E-state index < -0.39 is 31.4 Å². The molecular weight excluding hydrogens is 242 g/mol. The molecule has 92 valence electrons. The Kier molecular flexibility index (Phi) is 3.46. The Morgan fingerprint density at radius 2 is 1.81 bits per heavy atom. The van der Waals surface area contributed by atoms with Crippen LogP contribution in [0.1, 0.15) is 5.69 Å². The zero-order valence-corrected chi connectivity index (χ0v) is 7.64. The molecule has 0 fully saturated rings. The van der Waals surface area contributed by atoms with Crippen molar-refractivity contribution in [3.05, 3.63) is 18.0 Å². The highest BCUT2D eigenvalue weighted by Gasteiger charge is 2.33. The van der Waals surface area contributed by atoms with Crippen LogP contribution < -0.4 is 0 Å². The minimum absolute atomic E-state index is 0.407. The number of rotatable bonds is 3. The van der Waals surface area contributed by atoms with Crippen molar-refractivity contribution in [3.8, 4) is 0 Å². The number of aromatic nitrogens is 2. The molecule has 1 aromatic heterocycles. The van der Waals surface area contributed by atoms with Gasteiger partial charge in [0.2, 0.25) is 0 Å². The van der Waals surface area contributed by atoms with Crippen molar-refractivity contribution in [3.63, 3.8) is 0 Å². The molecule has 0 saturated carbocycles. The molecule has 0 aromatic carbocycles. The van der Waals surface area contributed by atoms with Crippen molar-refractivity contribution in [1.29, 1.82) is 0 Å². The average Bonchev–Trinajstić information content (AvgIpc) is 2.49. The lowest BCUT2D eigenvalue weighted by molar-refractivity contribution is -0.325. The van der Waals surface area contributed by atoms with E-state index in [1.165, 1.54) is 0 Å². The van der Waals surface area contributed by atoms with Gasteiger partial charge in [-0.15, -0.1) is 13.2 Å². The molecule has 0 aliphatic heterocycles. The topological polar surface area (TPSA) is 27.1 Å². The maximum absolute atomic E-state index is 12.0. The summed E-state index contributed by atoms with van der Waals surface area (Å²) in [5, 5.41) is 3.05. The maximum Gasteiger partial charge on any atom is 0.522 e. The second kappa shape index (κ2) is 4.32. The highest BCUT2D eigenvalue weighted by molar-refractivity contribution is 5.03. The second-order valence-electron chi connectivity index (χ2n) is 2.76. The molecule has 0 atom stereocenters. The first-order valence-corrected chi connectivity index (χ1v) is 4.00. The SMILES string of the molecule is FC(F)(F)OCCn1ccc(C(F)(F)F)n1. The summed E-state index contributed by atoms with van der Waals surface area (Å²) in [5.41, 5.74) is -1.15. The van der Waals surface area contributed by atoms with Crippen LogP contribution in [0.2, 0.25) is 0 Å². The van der Waals surface area contributed by atoms with Gasteiger partial charge in [0.05, 0.1) is 13.2 Å². The van der Waals surface area contributed by atoms with Crippen LogP contribution in [0.25, 0.3) is 0 Å². The molecule has 0 N–H and O–H groups in total. The molecule has 16 heavy (non-hydrogen) atoms. The fourth-order valence-electron chi connectivity index (χ4n) is 0.892. The first kappa shape index (κ1) is 12.8. The third kappa shape index (κ3) is 4.09. The van der Waals surface area contributed by atoms with E-state index in [-0.39, 0.29) is 0 Å². The van der Waals surface area contributed by atoms with Gasteiger partial charge < -0.3 is 0 Å². The normalized spacial score (nSPS) is 13.1. The monoisotopic (exact) mass is 248 g/mol. The lowest BCUT2D eigenvalue weighted by atomic mass is 10.4. The van der Waals surface area contributed by atoms with Gasteiger partial charge in [-0.2, -0.15) is 18.3 Å². The lowest BCUT2D eigenvalue weighted by Crippen LogP contribution is -2.18. The number of ether oxygens (including phenoxy) is 1. The van der Waals surface area contributed by atoms with Crippen LogP contribution in [-0.2, 0) is 17.5 Å². The number of nitrogens with zero attached hydrogens (tertiary/aromatic N) is 2. The average molecular weight is 248 g/mol. The van der Waals surface area contributed by atoms with Crippen LogP contribution in [0.4, 0.5) is 26.3 Å². The maximum atomic E-state index is 12.0. The van der Waals surface area contributed by atoms with Crippen LogP contribution in [0.15, 0.2) is 12.3 Å². The molecule has 0 amide bonds. The van der Waals surface area contributed by atoms with Gasteiger partial charge in [-0.05, 0) is 6.07 Å². The van der Waals surface area contributed by atoms with E-state index >= 15 is 0 Å². The summed E-state index contributed by atoms with van der Waals surface area (Å²) in [6.45, 7) is -1.20. The molecule has 1 rings (SSSR count). The largest absolute Gasteiger partial charge is 0.522 e. The molecule has 0 saturated heterocycles. The van der Waals surface area contributed by atoms with Crippen molar-refractivity contribution >= 4 is 0 Å². The minimum atomic E-state index is -4.79. The van der Waals surface area contributed by atoms with E-state index in [0.717, 1.165) is 10.9 Å².